The Morgan fingerprint density at radius 1 is 1.25 bits per heavy atom. The van der Waals surface area contributed by atoms with Crippen LogP contribution in [0.4, 0.5) is 0 Å². The van der Waals surface area contributed by atoms with E-state index in [2.05, 4.69) is 28.5 Å². The monoisotopic (exact) mass is 389 g/mol. The summed E-state index contributed by atoms with van der Waals surface area (Å²) in [6.07, 6.45) is 2.72. The van der Waals surface area contributed by atoms with Crippen molar-refractivity contribution in [1.29, 1.82) is 0 Å². The first kappa shape index (κ1) is 20.6. The zero-order chi connectivity index (χ0) is 20.1. The van der Waals surface area contributed by atoms with Crippen LogP contribution in [-0.4, -0.2) is 59.9 Å². The Morgan fingerprint density at radius 2 is 2.04 bits per heavy atom. The number of aliphatic hydroxyl groups excluding tert-OH is 1. The van der Waals surface area contributed by atoms with E-state index in [0.29, 0.717) is 18.1 Å². The molecule has 0 saturated carbocycles. The lowest BCUT2D eigenvalue weighted by atomic mass is 9.97. The van der Waals surface area contributed by atoms with Gasteiger partial charge in [-0.3, -0.25) is 9.58 Å². The summed E-state index contributed by atoms with van der Waals surface area (Å²) in [5.41, 5.74) is 3.44. The second-order valence-corrected chi connectivity index (χ2v) is 7.10. The third kappa shape index (κ3) is 4.16. The van der Waals surface area contributed by atoms with E-state index in [1.54, 1.807) is 14.2 Å². The van der Waals surface area contributed by atoms with E-state index in [1.807, 2.05) is 24.4 Å². The number of hydrogen-bond donors (Lipinski definition) is 1. The molecule has 7 nitrogen and oxygen atoms in total. The van der Waals surface area contributed by atoms with Crippen molar-refractivity contribution < 1.29 is 19.3 Å². The van der Waals surface area contributed by atoms with Gasteiger partial charge in [0.2, 0.25) is 0 Å². The number of methoxy groups -OCH3 is 2. The third-order valence-electron chi connectivity index (χ3n) is 5.40. The fourth-order valence-corrected chi connectivity index (χ4v) is 3.88. The number of aryl methyl sites for hydroxylation is 1. The van der Waals surface area contributed by atoms with Gasteiger partial charge in [0.15, 0.2) is 11.5 Å². The van der Waals surface area contributed by atoms with Crippen LogP contribution in [0.3, 0.4) is 0 Å². The lowest BCUT2D eigenvalue weighted by molar-refractivity contribution is -0.0961. The minimum atomic E-state index is -0.294. The van der Waals surface area contributed by atoms with Crippen LogP contribution in [0, 0.1) is 6.92 Å². The fraction of sp³-hybridized carbons (Fsp3) is 0.571. The Labute approximate surface area is 166 Å². The molecule has 2 aromatic rings. The predicted octanol–water partition coefficient (Wildman–Crippen LogP) is 2.55. The maximum Gasteiger partial charge on any atom is 0.161 e. The highest BCUT2D eigenvalue weighted by atomic mass is 16.5. The summed E-state index contributed by atoms with van der Waals surface area (Å²) in [6.45, 7) is 7.30. The maximum atomic E-state index is 9.94. The Bertz CT molecular complexity index is 777. The van der Waals surface area contributed by atoms with E-state index in [4.69, 9.17) is 14.2 Å². The second kappa shape index (κ2) is 9.41. The first-order valence-corrected chi connectivity index (χ1v) is 9.82. The summed E-state index contributed by atoms with van der Waals surface area (Å²) < 4.78 is 18.8. The van der Waals surface area contributed by atoms with E-state index < -0.39 is 0 Å². The van der Waals surface area contributed by atoms with Crippen LogP contribution in [0.2, 0.25) is 0 Å². The van der Waals surface area contributed by atoms with Crippen molar-refractivity contribution in [3.63, 3.8) is 0 Å². The van der Waals surface area contributed by atoms with Crippen molar-refractivity contribution in [2.75, 3.05) is 34.0 Å². The zero-order valence-corrected chi connectivity index (χ0v) is 17.2. The molecule has 0 spiro atoms. The number of benzene rings is 1. The topological polar surface area (TPSA) is 69.0 Å². The van der Waals surface area contributed by atoms with Gasteiger partial charge >= 0.3 is 0 Å². The number of aromatic nitrogens is 2. The number of ether oxygens (including phenoxy) is 3. The van der Waals surface area contributed by atoms with E-state index in [9.17, 15) is 5.11 Å². The highest BCUT2D eigenvalue weighted by molar-refractivity contribution is 5.44. The zero-order valence-electron chi connectivity index (χ0n) is 17.2. The van der Waals surface area contributed by atoms with Crippen molar-refractivity contribution >= 4 is 0 Å². The Morgan fingerprint density at radius 3 is 2.71 bits per heavy atom. The van der Waals surface area contributed by atoms with Gasteiger partial charge in [-0.05, 0) is 31.0 Å². The molecule has 2 atom stereocenters. The maximum absolute atomic E-state index is 9.94. The van der Waals surface area contributed by atoms with E-state index >= 15 is 0 Å². The molecule has 3 rings (SSSR count). The molecule has 154 valence electrons. The van der Waals surface area contributed by atoms with Gasteiger partial charge in [-0.2, -0.15) is 5.10 Å². The largest absolute Gasteiger partial charge is 0.493 e. The summed E-state index contributed by atoms with van der Waals surface area (Å²) in [5, 5.41) is 14.5. The number of morpholine rings is 1. The molecular weight excluding hydrogens is 358 g/mol. The van der Waals surface area contributed by atoms with Gasteiger partial charge in [0.25, 0.3) is 0 Å². The molecule has 1 N–H and O–H groups in total. The summed E-state index contributed by atoms with van der Waals surface area (Å²) in [4.78, 5) is 2.35. The molecule has 1 aromatic heterocycles. The van der Waals surface area contributed by atoms with E-state index in [1.165, 1.54) is 11.3 Å². The summed E-state index contributed by atoms with van der Waals surface area (Å²) in [5.74, 6) is 1.36. The van der Waals surface area contributed by atoms with Crippen molar-refractivity contribution in [2.24, 2.45) is 0 Å². The van der Waals surface area contributed by atoms with Gasteiger partial charge in [-0.25, -0.2) is 0 Å². The molecule has 1 saturated heterocycles. The molecule has 0 radical (unpaired) electrons. The summed E-state index contributed by atoms with van der Waals surface area (Å²) in [6, 6.07) is 5.82. The normalized spacial score (nSPS) is 20.3. The van der Waals surface area contributed by atoms with Crippen LogP contribution in [0.1, 0.15) is 36.2 Å². The Kier molecular flexibility index (Phi) is 6.93. The lowest BCUT2D eigenvalue weighted by Crippen LogP contribution is -2.46. The lowest BCUT2D eigenvalue weighted by Gasteiger charge is -2.41. The molecule has 1 fully saturated rings. The number of hydrogen-bond acceptors (Lipinski definition) is 6. The number of nitrogens with zero attached hydrogens (tertiary/aromatic N) is 3. The van der Waals surface area contributed by atoms with Gasteiger partial charge in [0.05, 0.1) is 39.7 Å². The molecular formula is C21H31N3O4. The van der Waals surface area contributed by atoms with Crippen molar-refractivity contribution in [3.05, 3.63) is 41.2 Å². The molecule has 28 heavy (non-hydrogen) atoms. The molecule has 2 heterocycles. The highest BCUT2D eigenvalue weighted by Gasteiger charge is 2.34. The van der Waals surface area contributed by atoms with Crippen LogP contribution in [0.5, 0.6) is 11.5 Å². The van der Waals surface area contributed by atoms with Crippen molar-refractivity contribution in [3.8, 4) is 11.5 Å². The van der Waals surface area contributed by atoms with Gasteiger partial charge in [0.1, 0.15) is 6.10 Å². The van der Waals surface area contributed by atoms with Gasteiger partial charge in [-0.1, -0.05) is 13.0 Å². The Balaban J connectivity index is 1.91. The number of aliphatic hydroxyl groups is 1. The molecule has 0 amide bonds. The highest BCUT2D eigenvalue weighted by Crippen LogP contribution is 2.36. The Hall–Kier alpha value is -2.09. The fourth-order valence-electron chi connectivity index (χ4n) is 3.88. The van der Waals surface area contributed by atoms with Crippen LogP contribution in [0.25, 0.3) is 0 Å². The van der Waals surface area contributed by atoms with Crippen LogP contribution in [0.15, 0.2) is 24.4 Å². The average molecular weight is 389 g/mol. The number of rotatable bonds is 8. The molecule has 7 heteroatoms. The van der Waals surface area contributed by atoms with Crippen molar-refractivity contribution in [2.45, 2.75) is 45.5 Å². The minimum absolute atomic E-state index is 0.0381. The van der Waals surface area contributed by atoms with Gasteiger partial charge in [0, 0.05) is 30.9 Å². The quantitative estimate of drug-likeness (QED) is 0.748. The molecule has 0 aliphatic carbocycles. The molecule has 0 unspecified atom stereocenters. The van der Waals surface area contributed by atoms with E-state index in [0.717, 1.165) is 31.6 Å². The van der Waals surface area contributed by atoms with Crippen molar-refractivity contribution in [1.82, 2.24) is 14.7 Å². The summed E-state index contributed by atoms with van der Waals surface area (Å²) in [7, 11) is 3.26. The smallest absolute Gasteiger partial charge is 0.161 e. The summed E-state index contributed by atoms with van der Waals surface area (Å²) >= 11 is 0. The molecule has 1 aliphatic rings. The standard InChI is InChI=1S/C21H31N3O4/c1-5-8-24-15(2)17(12-22-24)13-23-9-10-28-20(14-25)21(23)16-6-7-18(26-3)19(11-16)27-4/h6-7,11-12,20-21,25H,5,8-10,13-14H2,1-4H3/t20-,21-/m1/s1. The third-order valence-corrected chi connectivity index (χ3v) is 5.40. The molecule has 1 aliphatic heterocycles. The second-order valence-electron chi connectivity index (χ2n) is 7.10. The van der Waals surface area contributed by atoms with Crippen LogP contribution >= 0.6 is 0 Å². The average Bonchev–Trinajstić information content (AvgIpc) is 3.07. The molecule has 1 aromatic carbocycles. The predicted molar refractivity (Wildman–Crippen MR) is 107 cm³/mol. The first-order valence-electron chi connectivity index (χ1n) is 9.82. The van der Waals surface area contributed by atoms with Gasteiger partial charge in [-0.15, -0.1) is 0 Å². The van der Waals surface area contributed by atoms with Crippen LogP contribution in [-0.2, 0) is 17.8 Å². The van der Waals surface area contributed by atoms with E-state index in [-0.39, 0.29) is 18.8 Å². The first-order chi connectivity index (χ1) is 13.6. The SMILES string of the molecule is CCCn1ncc(CN2CCO[C@H](CO)[C@H]2c2ccc(OC)c(OC)c2)c1C. The van der Waals surface area contributed by atoms with Gasteiger partial charge < -0.3 is 19.3 Å². The van der Waals surface area contributed by atoms with Crippen LogP contribution < -0.4 is 9.47 Å². The minimum Gasteiger partial charge on any atom is -0.493 e. The molecule has 0 bridgehead atoms.